The highest BCUT2D eigenvalue weighted by Gasteiger charge is 2.17. The van der Waals surface area contributed by atoms with Crippen LogP contribution in [-0.4, -0.2) is 29.2 Å². The first-order valence-corrected chi connectivity index (χ1v) is 6.29. The van der Waals surface area contributed by atoms with Gasteiger partial charge in [0.2, 0.25) is 0 Å². The van der Waals surface area contributed by atoms with Crippen LogP contribution in [0.4, 0.5) is 4.39 Å². The van der Waals surface area contributed by atoms with Crippen LogP contribution in [-0.2, 0) is 6.54 Å². The van der Waals surface area contributed by atoms with Crippen LogP contribution in [0.5, 0.6) is 0 Å². The molecule has 1 aliphatic rings. The smallest absolute Gasteiger partial charge is 0.137 e. The molecule has 1 aliphatic heterocycles. The minimum Gasteiger partial charge on any atom is -0.392 e. The fraction of sp³-hybridized carbons (Fsp3) is 0.500. The van der Waals surface area contributed by atoms with Gasteiger partial charge in [-0.15, -0.1) is 0 Å². The van der Waals surface area contributed by atoms with E-state index >= 15 is 0 Å². The maximum Gasteiger partial charge on any atom is 0.137 e. The van der Waals surface area contributed by atoms with Gasteiger partial charge in [-0.3, -0.25) is 4.90 Å². The van der Waals surface area contributed by atoms with Crippen molar-refractivity contribution in [2.24, 2.45) is 0 Å². The first-order chi connectivity index (χ1) is 7.65. The van der Waals surface area contributed by atoms with E-state index < -0.39 is 0 Å². The summed E-state index contributed by atoms with van der Waals surface area (Å²) in [7, 11) is 0. The summed E-state index contributed by atoms with van der Waals surface area (Å²) in [5.41, 5.74) is 1.07. The summed E-state index contributed by atoms with van der Waals surface area (Å²) in [6.07, 6.45) is 1.71. The summed E-state index contributed by atoms with van der Waals surface area (Å²) in [5.74, 6) is -0.234. The number of β-amino-alcohol motifs (C(OH)–C–C–N with tert-alkyl or cyclic N) is 1. The number of aliphatic hydroxyl groups is 1. The van der Waals surface area contributed by atoms with Crippen molar-refractivity contribution in [3.05, 3.63) is 34.1 Å². The molecule has 1 aromatic rings. The number of benzene rings is 1. The van der Waals surface area contributed by atoms with Gasteiger partial charge in [0.05, 0.1) is 10.6 Å². The van der Waals surface area contributed by atoms with E-state index in [-0.39, 0.29) is 11.9 Å². The third kappa shape index (κ3) is 3.03. The Morgan fingerprint density at radius 1 is 1.50 bits per heavy atom. The molecule has 88 valence electrons. The van der Waals surface area contributed by atoms with Gasteiger partial charge in [0.15, 0.2) is 0 Å². The quantitative estimate of drug-likeness (QED) is 0.904. The Kier molecular flexibility index (Phi) is 3.95. The fourth-order valence-electron chi connectivity index (χ4n) is 2.07. The molecular formula is C12H15BrFNO. The van der Waals surface area contributed by atoms with Crippen LogP contribution in [0.25, 0.3) is 0 Å². The molecule has 2 nitrogen and oxygen atoms in total. The zero-order valence-electron chi connectivity index (χ0n) is 9.00. The summed E-state index contributed by atoms with van der Waals surface area (Å²) in [4.78, 5) is 2.20. The Labute approximate surface area is 103 Å². The van der Waals surface area contributed by atoms with Crippen LogP contribution in [0.15, 0.2) is 22.7 Å². The van der Waals surface area contributed by atoms with Crippen LogP contribution in [0.3, 0.4) is 0 Å². The maximum absolute atomic E-state index is 13.0. The molecule has 1 saturated heterocycles. The van der Waals surface area contributed by atoms with E-state index in [1.807, 2.05) is 0 Å². The van der Waals surface area contributed by atoms with E-state index in [0.717, 1.165) is 38.0 Å². The van der Waals surface area contributed by atoms with Crippen LogP contribution >= 0.6 is 15.9 Å². The largest absolute Gasteiger partial charge is 0.392 e. The Hall–Kier alpha value is -0.450. The summed E-state index contributed by atoms with van der Waals surface area (Å²) < 4.78 is 13.5. The predicted octanol–water partition coefficient (Wildman–Crippen LogP) is 2.54. The lowest BCUT2D eigenvalue weighted by atomic mass is 10.1. The molecule has 1 atom stereocenters. The number of halogens is 2. The maximum atomic E-state index is 13.0. The zero-order valence-corrected chi connectivity index (χ0v) is 10.6. The Balaban J connectivity index is 2.00. The molecule has 1 fully saturated rings. The molecule has 0 unspecified atom stereocenters. The van der Waals surface area contributed by atoms with Crippen LogP contribution < -0.4 is 0 Å². The molecular weight excluding hydrogens is 273 g/mol. The molecule has 1 aromatic carbocycles. The summed E-state index contributed by atoms with van der Waals surface area (Å²) in [5, 5.41) is 9.55. The standard InChI is InChI=1S/C12H15BrFNO/c13-11-6-9(3-4-12(11)14)7-15-5-1-2-10(16)8-15/h3-4,6,10,16H,1-2,5,7-8H2/t10-/m1/s1. The summed E-state index contributed by atoms with van der Waals surface area (Å²) >= 11 is 3.18. The second-order valence-corrected chi connectivity index (χ2v) is 5.13. The zero-order chi connectivity index (χ0) is 11.5. The highest BCUT2D eigenvalue weighted by molar-refractivity contribution is 9.10. The monoisotopic (exact) mass is 287 g/mol. The third-order valence-electron chi connectivity index (χ3n) is 2.87. The second-order valence-electron chi connectivity index (χ2n) is 4.28. The van der Waals surface area contributed by atoms with E-state index in [2.05, 4.69) is 20.8 Å². The Morgan fingerprint density at radius 2 is 2.31 bits per heavy atom. The highest BCUT2D eigenvalue weighted by atomic mass is 79.9. The van der Waals surface area contributed by atoms with E-state index in [1.165, 1.54) is 6.07 Å². The van der Waals surface area contributed by atoms with Gasteiger partial charge in [0, 0.05) is 13.1 Å². The number of piperidine rings is 1. The average Bonchev–Trinajstić information content (AvgIpc) is 2.24. The number of likely N-dealkylation sites (tertiary alicyclic amines) is 1. The van der Waals surface area contributed by atoms with E-state index in [9.17, 15) is 9.50 Å². The van der Waals surface area contributed by atoms with E-state index in [1.54, 1.807) is 12.1 Å². The molecule has 16 heavy (non-hydrogen) atoms. The van der Waals surface area contributed by atoms with Crippen molar-refractivity contribution < 1.29 is 9.50 Å². The van der Waals surface area contributed by atoms with Gasteiger partial charge in [-0.2, -0.15) is 0 Å². The van der Waals surface area contributed by atoms with Crippen molar-refractivity contribution >= 4 is 15.9 Å². The van der Waals surface area contributed by atoms with Crippen molar-refractivity contribution in [3.8, 4) is 0 Å². The molecule has 0 aromatic heterocycles. The highest BCUT2D eigenvalue weighted by Crippen LogP contribution is 2.19. The molecule has 4 heteroatoms. The first-order valence-electron chi connectivity index (χ1n) is 5.49. The molecule has 0 amide bonds. The number of hydrogen-bond acceptors (Lipinski definition) is 2. The van der Waals surface area contributed by atoms with Crippen molar-refractivity contribution in [2.45, 2.75) is 25.5 Å². The van der Waals surface area contributed by atoms with Crippen molar-refractivity contribution in [3.63, 3.8) is 0 Å². The topological polar surface area (TPSA) is 23.5 Å². The number of aliphatic hydroxyl groups excluding tert-OH is 1. The molecule has 1 N–H and O–H groups in total. The number of hydrogen-bond donors (Lipinski definition) is 1. The van der Waals surface area contributed by atoms with E-state index in [4.69, 9.17) is 0 Å². The molecule has 0 spiro atoms. The normalized spacial score (nSPS) is 22.3. The molecule has 0 saturated carbocycles. The van der Waals surface area contributed by atoms with Gasteiger partial charge in [-0.05, 0) is 53.0 Å². The fourth-order valence-corrected chi connectivity index (χ4v) is 2.50. The van der Waals surface area contributed by atoms with Gasteiger partial charge >= 0.3 is 0 Å². The van der Waals surface area contributed by atoms with E-state index in [0.29, 0.717) is 4.47 Å². The second kappa shape index (κ2) is 5.25. The summed E-state index contributed by atoms with van der Waals surface area (Å²) in [6, 6.07) is 5.07. The molecule has 0 radical (unpaired) electrons. The molecule has 2 rings (SSSR count). The lowest BCUT2D eigenvalue weighted by Gasteiger charge is -2.29. The summed E-state index contributed by atoms with van der Waals surface area (Å²) in [6.45, 7) is 2.50. The Bertz CT molecular complexity index is 372. The molecule has 0 aliphatic carbocycles. The van der Waals surface area contributed by atoms with Gasteiger partial charge in [0.1, 0.15) is 5.82 Å². The lowest BCUT2D eigenvalue weighted by Crippen LogP contribution is -2.37. The van der Waals surface area contributed by atoms with Crippen molar-refractivity contribution in [1.82, 2.24) is 4.90 Å². The minimum absolute atomic E-state index is 0.211. The number of nitrogens with zero attached hydrogens (tertiary/aromatic N) is 1. The SMILES string of the molecule is O[C@@H]1CCCN(Cc2ccc(F)c(Br)c2)C1. The average molecular weight is 288 g/mol. The molecule has 0 bridgehead atoms. The van der Waals surface area contributed by atoms with Gasteiger partial charge in [0.25, 0.3) is 0 Å². The third-order valence-corrected chi connectivity index (χ3v) is 3.48. The van der Waals surface area contributed by atoms with Crippen LogP contribution in [0.2, 0.25) is 0 Å². The van der Waals surface area contributed by atoms with Crippen molar-refractivity contribution in [1.29, 1.82) is 0 Å². The number of rotatable bonds is 2. The van der Waals surface area contributed by atoms with Gasteiger partial charge in [-0.1, -0.05) is 6.07 Å². The van der Waals surface area contributed by atoms with Gasteiger partial charge < -0.3 is 5.11 Å². The minimum atomic E-state index is -0.234. The van der Waals surface area contributed by atoms with Gasteiger partial charge in [-0.25, -0.2) is 4.39 Å². The lowest BCUT2D eigenvalue weighted by molar-refractivity contribution is 0.0668. The van der Waals surface area contributed by atoms with Crippen LogP contribution in [0.1, 0.15) is 18.4 Å². The van der Waals surface area contributed by atoms with Crippen molar-refractivity contribution in [2.75, 3.05) is 13.1 Å². The first kappa shape index (κ1) is 12.0. The predicted molar refractivity (Wildman–Crippen MR) is 64.6 cm³/mol. The molecule has 1 heterocycles. The Morgan fingerprint density at radius 3 is 3.00 bits per heavy atom. The van der Waals surface area contributed by atoms with Crippen LogP contribution in [0, 0.1) is 5.82 Å².